The lowest BCUT2D eigenvalue weighted by molar-refractivity contribution is -0.0407. The number of hydrogen-bond donors (Lipinski definition) is 1. The van der Waals surface area contributed by atoms with Crippen LogP contribution in [0.15, 0.2) is 0 Å². The largest absolute Gasteiger partial charge is 0.381 e. The van der Waals surface area contributed by atoms with E-state index in [-0.39, 0.29) is 0 Å². The summed E-state index contributed by atoms with van der Waals surface area (Å²) in [6, 6.07) is 0.803. The van der Waals surface area contributed by atoms with Gasteiger partial charge < -0.3 is 10.1 Å². The molecule has 0 amide bonds. The Hall–Kier alpha value is -0.0800. The van der Waals surface area contributed by atoms with Crippen LogP contribution in [0.5, 0.6) is 0 Å². The lowest BCUT2D eigenvalue weighted by Crippen LogP contribution is -2.40. The van der Waals surface area contributed by atoms with Gasteiger partial charge in [-0.3, -0.25) is 0 Å². The van der Waals surface area contributed by atoms with Gasteiger partial charge in [-0.1, -0.05) is 6.42 Å². The molecule has 2 heteroatoms. The first-order valence-corrected chi connectivity index (χ1v) is 4.76. The molecule has 0 radical (unpaired) electrons. The number of nitrogens with one attached hydrogen (secondary N) is 1. The second-order valence-corrected chi connectivity index (χ2v) is 3.79. The Balaban J connectivity index is 1.67. The highest BCUT2D eigenvalue weighted by atomic mass is 16.5. The molecule has 2 heterocycles. The highest BCUT2D eigenvalue weighted by Crippen LogP contribution is 2.20. The van der Waals surface area contributed by atoms with E-state index in [1.54, 1.807) is 0 Å². The maximum absolute atomic E-state index is 5.15. The average Bonchev–Trinajstić information content (AvgIpc) is 1.99. The van der Waals surface area contributed by atoms with Crippen LogP contribution < -0.4 is 5.32 Å². The smallest absolute Gasteiger partial charge is 0.0517 e. The van der Waals surface area contributed by atoms with E-state index in [1.807, 2.05) is 0 Å². The average molecular weight is 155 g/mol. The van der Waals surface area contributed by atoms with Crippen LogP contribution in [0.2, 0.25) is 0 Å². The zero-order valence-electron chi connectivity index (χ0n) is 7.01. The van der Waals surface area contributed by atoms with Crippen molar-refractivity contribution < 1.29 is 4.74 Å². The Morgan fingerprint density at radius 1 is 1.27 bits per heavy atom. The Morgan fingerprint density at radius 3 is 2.73 bits per heavy atom. The first-order valence-electron chi connectivity index (χ1n) is 4.76. The fourth-order valence-corrected chi connectivity index (χ4v) is 1.95. The lowest BCUT2D eigenvalue weighted by atomic mass is 9.93. The van der Waals surface area contributed by atoms with Crippen molar-refractivity contribution in [3.8, 4) is 0 Å². The topological polar surface area (TPSA) is 21.3 Å². The Morgan fingerprint density at radius 2 is 2.18 bits per heavy atom. The van der Waals surface area contributed by atoms with Crippen LogP contribution in [0.25, 0.3) is 0 Å². The predicted molar refractivity (Wildman–Crippen MR) is 44.6 cm³/mol. The van der Waals surface area contributed by atoms with Gasteiger partial charge in [0.1, 0.15) is 0 Å². The van der Waals surface area contributed by atoms with Gasteiger partial charge in [-0.15, -0.1) is 0 Å². The normalized spacial score (nSPS) is 33.3. The first kappa shape index (κ1) is 7.56. The van der Waals surface area contributed by atoms with E-state index in [2.05, 4.69) is 5.32 Å². The summed E-state index contributed by atoms with van der Waals surface area (Å²) < 4.78 is 5.15. The Kier molecular flexibility index (Phi) is 2.44. The van der Waals surface area contributed by atoms with Crippen LogP contribution in [0, 0.1) is 5.92 Å². The molecule has 2 nitrogen and oxygen atoms in total. The van der Waals surface area contributed by atoms with Gasteiger partial charge in [-0.25, -0.2) is 0 Å². The van der Waals surface area contributed by atoms with Gasteiger partial charge in [-0.05, 0) is 25.8 Å². The first-order chi connectivity index (χ1) is 5.45. The van der Waals surface area contributed by atoms with Crippen LogP contribution in [-0.4, -0.2) is 25.8 Å². The van der Waals surface area contributed by atoms with Gasteiger partial charge in [-0.2, -0.15) is 0 Å². The second-order valence-electron chi connectivity index (χ2n) is 3.79. The fourth-order valence-electron chi connectivity index (χ4n) is 1.95. The summed E-state index contributed by atoms with van der Waals surface area (Å²) in [5.74, 6) is 0.866. The molecule has 1 N–H and O–H groups in total. The third-order valence-corrected chi connectivity index (χ3v) is 2.74. The number of rotatable bonds is 2. The molecule has 1 atom stereocenters. The van der Waals surface area contributed by atoms with Crippen molar-refractivity contribution in [2.75, 3.05) is 19.8 Å². The summed E-state index contributed by atoms with van der Waals surface area (Å²) in [6.45, 7) is 3.26. The van der Waals surface area contributed by atoms with Crippen LogP contribution in [-0.2, 0) is 4.74 Å². The van der Waals surface area contributed by atoms with Gasteiger partial charge in [0.2, 0.25) is 0 Å². The highest BCUT2D eigenvalue weighted by molar-refractivity contribution is 4.78. The third kappa shape index (κ3) is 1.94. The Bertz CT molecular complexity index is 117. The molecule has 2 fully saturated rings. The van der Waals surface area contributed by atoms with E-state index >= 15 is 0 Å². The van der Waals surface area contributed by atoms with Gasteiger partial charge in [0, 0.05) is 12.0 Å². The molecule has 0 aliphatic carbocycles. The molecule has 0 aromatic heterocycles. The zero-order valence-corrected chi connectivity index (χ0v) is 7.01. The van der Waals surface area contributed by atoms with Crippen molar-refractivity contribution >= 4 is 0 Å². The van der Waals surface area contributed by atoms with E-state index in [0.29, 0.717) is 0 Å². The maximum Gasteiger partial charge on any atom is 0.0517 e. The molecule has 2 saturated heterocycles. The molecule has 0 unspecified atom stereocenters. The SMILES string of the molecule is C1CC[C@H](CC2COC2)NC1. The molecule has 0 aromatic rings. The van der Waals surface area contributed by atoms with Crippen LogP contribution >= 0.6 is 0 Å². The second kappa shape index (κ2) is 3.55. The highest BCUT2D eigenvalue weighted by Gasteiger charge is 2.23. The molecule has 0 saturated carbocycles. The van der Waals surface area contributed by atoms with Crippen molar-refractivity contribution in [2.45, 2.75) is 31.7 Å². The molecule has 0 aromatic carbocycles. The molecule has 11 heavy (non-hydrogen) atoms. The zero-order chi connectivity index (χ0) is 7.52. The van der Waals surface area contributed by atoms with Crippen LogP contribution in [0.1, 0.15) is 25.7 Å². The summed E-state index contributed by atoms with van der Waals surface area (Å²) in [7, 11) is 0. The number of hydrogen-bond acceptors (Lipinski definition) is 2. The Labute approximate surface area is 68.3 Å². The van der Waals surface area contributed by atoms with Crippen molar-refractivity contribution in [3.63, 3.8) is 0 Å². The molecule has 2 aliphatic heterocycles. The van der Waals surface area contributed by atoms with Crippen molar-refractivity contribution in [1.29, 1.82) is 0 Å². The molecule has 0 bridgehead atoms. The van der Waals surface area contributed by atoms with Gasteiger partial charge >= 0.3 is 0 Å². The summed E-state index contributed by atoms with van der Waals surface area (Å²) in [5, 5.41) is 3.56. The summed E-state index contributed by atoms with van der Waals surface area (Å²) in [4.78, 5) is 0. The minimum absolute atomic E-state index is 0.803. The fraction of sp³-hybridized carbons (Fsp3) is 1.00. The minimum atomic E-state index is 0.803. The van der Waals surface area contributed by atoms with Crippen LogP contribution in [0.3, 0.4) is 0 Å². The number of ether oxygens (including phenoxy) is 1. The van der Waals surface area contributed by atoms with E-state index in [1.165, 1.54) is 32.2 Å². The summed E-state index contributed by atoms with van der Waals surface area (Å²) in [6.07, 6.45) is 5.53. The monoisotopic (exact) mass is 155 g/mol. The van der Waals surface area contributed by atoms with Gasteiger partial charge in [0.05, 0.1) is 13.2 Å². The van der Waals surface area contributed by atoms with E-state index < -0.39 is 0 Å². The van der Waals surface area contributed by atoms with Crippen molar-refractivity contribution in [1.82, 2.24) is 5.32 Å². The molecule has 2 aliphatic rings. The van der Waals surface area contributed by atoms with Crippen molar-refractivity contribution in [2.24, 2.45) is 5.92 Å². The van der Waals surface area contributed by atoms with E-state index in [4.69, 9.17) is 4.74 Å². The van der Waals surface area contributed by atoms with Gasteiger partial charge in [0.25, 0.3) is 0 Å². The third-order valence-electron chi connectivity index (χ3n) is 2.74. The van der Waals surface area contributed by atoms with E-state index in [9.17, 15) is 0 Å². The predicted octanol–water partition coefficient (Wildman–Crippen LogP) is 1.17. The minimum Gasteiger partial charge on any atom is -0.381 e. The molecule has 0 spiro atoms. The lowest BCUT2D eigenvalue weighted by Gasteiger charge is -2.32. The molecular formula is C9H17NO. The quantitative estimate of drug-likeness (QED) is 0.646. The van der Waals surface area contributed by atoms with Gasteiger partial charge in [0.15, 0.2) is 0 Å². The van der Waals surface area contributed by atoms with Crippen molar-refractivity contribution in [3.05, 3.63) is 0 Å². The molecular weight excluding hydrogens is 138 g/mol. The standard InChI is InChI=1S/C9H17NO/c1-2-4-10-9(3-1)5-8-6-11-7-8/h8-10H,1-7H2/t9-/m1/s1. The maximum atomic E-state index is 5.15. The number of piperidine rings is 1. The summed E-state index contributed by atoms with van der Waals surface area (Å²) in [5.41, 5.74) is 0. The van der Waals surface area contributed by atoms with Crippen LogP contribution in [0.4, 0.5) is 0 Å². The summed E-state index contributed by atoms with van der Waals surface area (Å²) >= 11 is 0. The molecule has 2 rings (SSSR count). The van der Waals surface area contributed by atoms with E-state index in [0.717, 1.165) is 25.2 Å². The molecule has 64 valence electrons.